The molecule has 0 amide bonds. The number of hydrogen-bond donors (Lipinski definition) is 2. The van der Waals surface area contributed by atoms with Crippen LogP contribution in [0.5, 0.6) is 17.2 Å². The van der Waals surface area contributed by atoms with Gasteiger partial charge in [-0.15, -0.1) is 0 Å². The number of rotatable bonds is 6. The van der Waals surface area contributed by atoms with Crippen molar-refractivity contribution in [1.82, 2.24) is 0 Å². The van der Waals surface area contributed by atoms with Gasteiger partial charge in [0, 0.05) is 17.4 Å². The summed E-state index contributed by atoms with van der Waals surface area (Å²) in [5, 5.41) is 20.4. The van der Waals surface area contributed by atoms with E-state index < -0.39 is 6.10 Å². The monoisotopic (exact) mass is 292 g/mol. The number of aliphatic hydroxyl groups excluding tert-OH is 2. The van der Waals surface area contributed by atoms with Crippen LogP contribution in [0.4, 0.5) is 0 Å². The summed E-state index contributed by atoms with van der Waals surface area (Å²) in [7, 11) is 4.76. The van der Waals surface area contributed by atoms with Gasteiger partial charge in [-0.1, -0.05) is 12.1 Å². The van der Waals surface area contributed by atoms with Crippen molar-refractivity contribution in [3.8, 4) is 17.2 Å². The van der Waals surface area contributed by atoms with Crippen molar-refractivity contribution in [2.45, 2.75) is 12.5 Å². The molecule has 0 aliphatic rings. The lowest BCUT2D eigenvalue weighted by atomic mass is 9.99. The minimum absolute atomic E-state index is 0.281. The summed E-state index contributed by atoms with van der Waals surface area (Å²) >= 11 is 0. The number of hydrogen-bond acceptors (Lipinski definition) is 5. The highest BCUT2D eigenvalue weighted by Gasteiger charge is 2.18. The first-order chi connectivity index (χ1) is 10.2. The Morgan fingerprint density at radius 2 is 1.76 bits per heavy atom. The molecule has 2 aromatic carbocycles. The predicted molar refractivity (Wildman–Crippen MR) is 80.4 cm³/mol. The first kappa shape index (κ1) is 15.4. The molecule has 0 heterocycles. The van der Waals surface area contributed by atoms with Gasteiger partial charge in [0.05, 0.1) is 39.4 Å². The molecule has 1 atom stereocenters. The Hall–Kier alpha value is -1.98. The fourth-order valence-corrected chi connectivity index (χ4v) is 2.49. The molecule has 2 N–H and O–H groups in total. The van der Waals surface area contributed by atoms with Gasteiger partial charge >= 0.3 is 0 Å². The second-order valence-electron chi connectivity index (χ2n) is 4.69. The normalized spacial score (nSPS) is 12.2. The molecule has 0 aliphatic carbocycles. The van der Waals surface area contributed by atoms with E-state index in [2.05, 4.69) is 0 Å². The Labute approximate surface area is 123 Å². The van der Waals surface area contributed by atoms with Gasteiger partial charge in [-0.2, -0.15) is 0 Å². The summed E-state index contributed by atoms with van der Waals surface area (Å²) < 4.78 is 16.3. The summed E-state index contributed by atoms with van der Waals surface area (Å²) in [4.78, 5) is 0. The van der Waals surface area contributed by atoms with Crippen molar-refractivity contribution in [2.75, 3.05) is 27.9 Å². The minimum atomic E-state index is -0.841. The summed E-state index contributed by atoms with van der Waals surface area (Å²) in [6.07, 6.45) is -0.560. The van der Waals surface area contributed by atoms with E-state index >= 15 is 0 Å². The van der Waals surface area contributed by atoms with Gasteiger partial charge in [0.1, 0.15) is 17.2 Å². The van der Waals surface area contributed by atoms with Crippen molar-refractivity contribution in [3.05, 3.63) is 29.8 Å². The molecule has 2 aromatic rings. The zero-order valence-corrected chi connectivity index (χ0v) is 12.4. The van der Waals surface area contributed by atoms with Gasteiger partial charge in [0.25, 0.3) is 0 Å². The zero-order chi connectivity index (χ0) is 15.4. The molecule has 1 unspecified atom stereocenters. The summed E-state index contributed by atoms with van der Waals surface area (Å²) in [5.74, 6) is 1.98. The molecule has 0 spiro atoms. The molecule has 21 heavy (non-hydrogen) atoms. The maximum Gasteiger partial charge on any atom is 0.130 e. The van der Waals surface area contributed by atoms with Crippen LogP contribution in [0.1, 0.15) is 5.56 Å². The average molecular weight is 292 g/mol. The highest BCUT2D eigenvalue weighted by molar-refractivity contribution is 5.99. The predicted octanol–water partition coefficient (Wildman–Crippen LogP) is 1.76. The minimum Gasteiger partial charge on any atom is -0.496 e. The smallest absolute Gasteiger partial charge is 0.130 e. The number of methoxy groups -OCH3 is 3. The molecular weight excluding hydrogens is 272 g/mol. The van der Waals surface area contributed by atoms with Gasteiger partial charge in [0.15, 0.2) is 0 Å². The summed E-state index contributed by atoms with van der Waals surface area (Å²) in [6, 6.07) is 7.44. The molecular formula is C16H20O5. The van der Waals surface area contributed by atoms with Crippen LogP contribution in [-0.4, -0.2) is 44.3 Å². The van der Waals surface area contributed by atoms with Crippen LogP contribution in [-0.2, 0) is 6.42 Å². The maximum atomic E-state index is 9.70. The standard InChI is InChI=1S/C16H20O5/c1-19-13-6-4-5-12-15(13)14(20-2)8-10(16(12)21-3)7-11(18)9-17/h4-6,8,11,17-18H,7,9H2,1-3H3. The molecule has 0 saturated carbocycles. The molecule has 2 rings (SSSR count). The number of benzene rings is 2. The topological polar surface area (TPSA) is 68.2 Å². The fourth-order valence-electron chi connectivity index (χ4n) is 2.49. The van der Waals surface area contributed by atoms with Crippen LogP contribution in [0.25, 0.3) is 10.8 Å². The second-order valence-corrected chi connectivity index (χ2v) is 4.69. The lowest BCUT2D eigenvalue weighted by Crippen LogP contribution is -2.15. The largest absolute Gasteiger partial charge is 0.496 e. The molecule has 0 saturated heterocycles. The highest BCUT2D eigenvalue weighted by atomic mass is 16.5. The molecule has 0 radical (unpaired) electrons. The fraction of sp³-hybridized carbons (Fsp3) is 0.375. The first-order valence-electron chi connectivity index (χ1n) is 6.65. The van der Waals surface area contributed by atoms with Crippen LogP contribution in [0, 0.1) is 0 Å². The van der Waals surface area contributed by atoms with Crippen molar-refractivity contribution in [2.24, 2.45) is 0 Å². The van der Waals surface area contributed by atoms with Crippen LogP contribution in [0.15, 0.2) is 24.3 Å². The van der Waals surface area contributed by atoms with E-state index in [9.17, 15) is 5.11 Å². The zero-order valence-electron chi connectivity index (χ0n) is 12.4. The van der Waals surface area contributed by atoms with Crippen LogP contribution >= 0.6 is 0 Å². The van der Waals surface area contributed by atoms with Gasteiger partial charge in [-0.25, -0.2) is 0 Å². The summed E-state index contributed by atoms with van der Waals surface area (Å²) in [5.41, 5.74) is 0.775. The van der Waals surface area contributed by atoms with E-state index in [1.807, 2.05) is 24.3 Å². The van der Waals surface area contributed by atoms with E-state index in [1.54, 1.807) is 21.3 Å². The lowest BCUT2D eigenvalue weighted by Gasteiger charge is -2.18. The van der Waals surface area contributed by atoms with Gasteiger partial charge in [-0.05, 0) is 12.1 Å². The van der Waals surface area contributed by atoms with Gasteiger partial charge < -0.3 is 24.4 Å². The van der Waals surface area contributed by atoms with Gasteiger partial charge in [0.2, 0.25) is 0 Å². The van der Waals surface area contributed by atoms with E-state index in [4.69, 9.17) is 19.3 Å². The number of ether oxygens (including phenoxy) is 3. The summed E-state index contributed by atoms with van der Waals surface area (Å²) in [6.45, 7) is -0.304. The number of aliphatic hydroxyl groups is 2. The van der Waals surface area contributed by atoms with Gasteiger partial charge in [-0.3, -0.25) is 0 Å². The van der Waals surface area contributed by atoms with E-state index in [-0.39, 0.29) is 13.0 Å². The molecule has 114 valence electrons. The molecule has 5 heteroatoms. The Morgan fingerprint density at radius 1 is 1.05 bits per heavy atom. The van der Waals surface area contributed by atoms with E-state index in [0.717, 1.165) is 16.3 Å². The van der Waals surface area contributed by atoms with Crippen molar-refractivity contribution >= 4 is 10.8 Å². The highest BCUT2D eigenvalue weighted by Crippen LogP contribution is 2.41. The van der Waals surface area contributed by atoms with Crippen molar-refractivity contribution < 1.29 is 24.4 Å². The van der Waals surface area contributed by atoms with Crippen LogP contribution in [0.3, 0.4) is 0 Å². The SMILES string of the molecule is COc1c(CC(O)CO)cc(OC)c2c(OC)cccc12. The molecule has 0 fully saturated rings. The third-order valence-corrected chi connectivity index (χ3v) is 3.42. The lowest BCUT2D eigenvalue weighted by molar-refractivity contribution is 0.0950. The Kier molecular flexibility index (Phi) is 4.88. The molecule has 5 nitrogen and oxygen atoms in total. The first-order valence-corrected chi connectivity index (χ1v) is 6.65. The third-order valence-electron chi connectivity index (χ3n) is 3.42. The van der Waals surface area contributed by atoms with Crippen molar-refractivity contribution in [3.63, 3.8) is 0 Å². The van der Waals surface area contributed by atoms with Crippen LogP contribution < -0.4 is 14.2 Å². The Balaban J connectivity index is 2.72. The molecule has 0 aromatic heterocycles. The maximum absolute atomic E-state index is 9.70. The molecule has 0 bridgehead atoms. The molecule has 0 aliphatic heterocycles. The van der Waals surface area contributed by atoms with E-state index in [1.165, 1.54) is 0 Å². The van der Waals surface area contributed by atoms with Crippen LogP contribution in [0.2, 0.25) is 0 Å². The number of fused-ring (bicyclic) bond motifs is 1. The van der Waals surface area contributed by atoms with E-state index in [0.29, 0.717) is 17.2 Å². The average Bonchev–Trinajstić information content (AvgIpc) is 2.53. The third kappa shape index (κ3) is 2.89. The Bertz CT molecular complexity index is 624. The quantitative estimate of drug-likeness (QED) is 0.849. The Morgan fingerprint density at radius 3 is 2.33 bits per heavy atom. The second kappa shape index (κ2) is 6.65. The van der Waals surface area contributed by atoms with Crippen molar-refractivity contribution in [1.29, 1.82) is 0 Å².